The molecule has 17 heavy (non-hydrogen) atoms. The Labute approximate surface area is 98.7 Å². The Kier molecular flexibility index (Phi) is 1.87. The molecule has 1 aliphatic heterocycles. The molecule has 5 nitrogen and oxygen atoms in total. The molecule has 0 saturated heterocycles. The number of fused-ring (bicyclic) bond motifs is 1. The second kappa shape index (κ2) is 3.01. The zero-order chi connectivity index (χ0) is 12.3. The van der Waals surface area contributed by atoms with Crippen molar-refractivity contribution in [3.05, 3.63) is 24.3 Å². The number of anilines is 1. The topological polar surface area (TPSA) is 72.5 Å². The van der Waals surface area contributed by atoms with Crippen molar-refractivity contribution in [1.82, 2.24) is 0 Å². The first-order chi connectivity index (χ1) is 7.93. The van der Waals surface area contributed by atoms with Crippen LogP contribution in [-0.4, -0.2) is 31.4 Å². The standard InChI is InChI=1S/C11H11NO4S/c1-17(14,15)9-6-11(9)10(13)12-7-4-2-3-5-8(7)16-11/h2-5,9H,6H2,1H3,(H,12,13). The molecule has 1 amide bonds. The summed E-state index contributed by atoms with van der Waals surface area (Å²) in [5.74, 6) is 0.157. The molecule has 2 aliphatic rings. The Morgan fingerprint density at radius 3 is 2.76 bits per heavy atom. The zero-order valence-electron chi connectivity index (χ0n) is 9.14. The first-order valence-electron chi connectivity index (χ1n) is 5.22. The van der Waals surface area contributed by atoms with Gasteiger partial charge in [-0.05, 0) is 12.1 Å². The third-order valence-electron chi connectivity index (χ3n) is 3.18. The summed E-state index contributed by atoms with van der Waals surface area (Å²) in [4.78, 5) is 11.9. The minimum atomic E-state index is -3.26. The highest BCUT2D eigenvalue weighted by Gasteiger charge is 2.69. The highest BCUT2D eigenvalue weighted by atomic mass is 32.2. The lowest BCUT2D eigenvalue weighted by Gasteiger charge is -2.26. The fourth-order valence-corrected chi connectivity index (χ4v) is 3.59. The van der Waals surface area contributed by atoms with Gasteiger partial charge in [-0.25, -0.2) is 8.42 Å². The quantitative estimate of drug-likeness (QED) is 0.794. The largest absolute Gasteiger partial charge is 0.474 e. The molecule has 6 heteroatoms. The number of hydrogen-bond acceptors (Lipinski definition) is 4. The molecule has 1 aliphatic carbocycles. The molecule has 2 unspecified atom stereocenters. The Bertz CT molecular complexity index is 610. The molecule has 0 aromatic heterocycles. The molecule has 90 valence electrons. The summed E-state index contributed by atoms with van der Waals surface area (Å²) < 4.78 is 28.5. The second-order valence-corrected chi connectivity index (χ2v) is 6.69. The molecule has 0 radical (unpaired) electrons. The van der Waals surface area contributed by atoms with E-state index in [0.717, 1.165) is 6.26 Å². The van der Waals surface area contributed by atoms with Crippen molar-refractivity contribution in [3.63, 3.8) is 0 Å². The third kappa shape index (κ3) is 1.44. The molecule has 3 rings (SSSR count). The van der Waals surface area contributed by atoms with Crippen molar-refractivity contribution in [3.8, 4) is 5.75 Å². The maximum absolute atomic E-state index is 11.9. The molecule has 1 aromatic carbocycles. The van der Waals surface area contributed by atoms with Crippen LogP contribution in [-0.2, 0) is 14.6 Å². The van der Waals surface area contributed by atoms with Gasteiger partial charge in [0.25, 0.3) is 5.91 Å². The number of ether oxygens (including phenoxy) is 1. The van der Waals surface area contributed by atoms with Crippen LogP contribution < -0.4 is 10.1 Å². The Hall–Kier alpha value is -1.56. The summed E-state index contributed by atoms with van der Waals surface area (Å²) in [6.45, 7) is 0. The highest BCUT2D eigenvalue weighted by Crippen LogP contribution is 2.50. The Morgan fingerprint density at radius 1 is 1.41 bits per heavy atom. The molecule has 1 heterocycles. The first kappa shape index (κ1) is 10.6. The van der Waals surface area contributed by atoms with E-state index in [1.807, 2.05) is 0 Å². The minimum Gasteiger partial charge on any atom is -0.474 e. The van der Waals surface area contributed by atoms with Crippen LogP contribution in [0, 0.1) is 0 Å². The maximum Gasteiger partial charge on any atom is 0.270 e. The van der Waals surface area contributed by atoms with E-state index in [1.165, 1.54) is 0 Å². The number of sulfone groups is 1. The second-order valence-electron chi connectivity index (χ2n) is 4.46. The van der Waals surface area contributed by atoms with Gasteiger partial charge in [0.15, 0.2) is 9.84 Å². The van der Waals surface area contributed by atoms with Crippen LogP contribution in [0.15, 0.2) is 24.3 Å². The van der Waals surface area contributed by atoms with Gasteiger partial charge in [0.2, 0.25) is 5.60 Å². The molecule has 0 bridgehead atoms. The van der Waals surface area contributed by atoms with Gasteiger partial charge in [0, 0.05) is 12.7 Å². The average Bonchev–Trinajstić information content (AvgIpc) is 2.95. The van der Waals surface area contributed by atoms with E-state index in [0.29, 0.717) is 11.4 Å². The van der Waals surface area contributed by atoms with Crippen molar-refractivity contribution in [2.45, 2.75) is 17.3 Å². The summed E-state index contributed by atoms with van der Waals surface area (Å²) in [7, 11) is -3.26. The van der Waals surface area contributed by atoms with Gasteiger partial charge in [-0.2, -0.15) is 0 Å². The Morgan fingerprint density at radius 2 is 2.12 bits per heavy atom. The van der Waals surface area contributed by atoms with Crippen LogP contribution in [0.25, 0.3) is 0 Å². The highest BCUT2D eigenvalue weighted by molar-refractivity contribution is 7.91. The molecular weight excluding hydrogens is 242 g/mol. The van der Waals surface area contributed by atoms with E-state index in [2.05, 4.69) is 5.32 Å². The predicted molar refractivity (Wildman–Crippen MR) is 61.7 cm³/mol. The van der Waals surface area contributed by atoms with E-state index in [9.17, 15) is 13.2 Å². The minimum absolute atomic E-state index is 0.228. The summed E-state index contributed by atoms with van der Waals surface area (Å²) >= 11 is 0. The summed E-state index contributed by atoms with van der Waals surface area (Å²) in [6.07, 6.45) is 1.36. The van der Waals surface area contributed by atoms with Crippen LogP contribution in [0.5, 0.6) is 5.75 Å². The maximum atomic E-state index is 11.9. The number of amides is 1. The van der Waals surface area contributed by atoms with E-state index in [4.69, 9.17) is 4.74 Å². The van der Waals surface area contributed by atoms with Crippen LogP contribution in [0.2, 0.25) is 0 Å². The molecule has 1 N–H and O–H groups in total. The lowest BCUT2D eigenvalue weighted by molar-refractivity contribution is -0.125. The summed E-state index contributed by atoms with van der Waals surface area (Å²) in [5, 5.41) is 1.95. The SMILES string of the molecule is CS(=O)(=O)C1CC12Oc1ccccc1NC2=O. The van der Waals surface area contributed by atoms with E-state index in [1.54, 1.807) is 24.3 Å². The lowest BCUT2D eigenvalue weighted by atomic mass is 10.2. The van der Waals surface area contributed by atoms with Crippen molar-refractivity contribution < 1.29 is 17.9 Å². The summed E-state index contributed by atoms with van der Waals surface area (Å²) in [5.41, 5.74) is -0.621. The predicted octanol–water partition coefficient (Wildman–Crippen LogP) is 0.573. The fourth-order valence-electron chi connectivity index (χ4n) is 2.19. The van der Waals surface area contributed by atoms with Gasteiger partial charge in [0.05, 0.1) is 5.69 Å². The van der Waals surface area contributed by atoms with Crippen LogP contribution in [0.3, 0.4) is 0 Å². The Balaban J connectivity index is 2.00. The molecule has 1 fully saturated rings. The van der Waals surface area contributed by atoms with Gasteiger partial charge in [0.1, 0.15) is 11.0 Å². The van der Waals surface area contributed by atoms with Gasteiger partial charge in [-0.1, -0.05) is 12.1 Å². The molecule has 1 saturated carbocycles. The van der Waals surface area contributed by atoms with Crippen molar-refractivity contribution in [1.29, 1.82) is 0 Å². The van der Waals surface area contributed by atoms with Crippen molar-refractivity contribution in [2.24, 2.45) is 0 Å². The zero-order valence-corrected chi connectivity index (χ0v) is 9.95. The smallest absolute Gasteiger partial charge is 0.270 e. The number of hydrogen-bond donors (Lipinski definition) is 1. The van der Waals surface area contributed by atoms with E-state index < -0.39 is 20.7 Å². The number of carbonyl (C=O) groups excluding carboxylic acids is 1. The number of para-hydroxylation sites is 2. The number of benzene rings is 1. The first-order valence-corrected chi connectivity index (χ1v) is 7.17. The normalized spacial score (nSPS) is 30.4. The third-order valence-corrected chi connectivity index (χ3v) is 4.76. The van der Waals surface area contributed by atoms with Gasteiger partial charge in [-0.3, -0.25) is 4.79 Å². The fraction of sp³-hybridized carbons (Fsp3) is 0.364. The van der Waals surface area contributed by atoms with Gasteiger partial charge >= 0.3 is 0 Å². The van der Waals surface area contributed by atoms with Crippen molar-refractivity contribution in [2.75, 3.05) is 11.6 Å². The molecular formula is C11H11NO4S. The van der Waals surface area contributed by atoms with Crippen LogP contribution in [0.4, 0.5) is 5.69 Å². The lowest BCUT2D eigenvalue weighted by Crippen LogP contribution is -2.43. The molecule has 2 atom stereocenters. The van der Waals surface area contributed by atoms with E-state index in [-0.39, 0.29) is 12.3 Å². The van der Waals surface area contributed by atoms with Crippen LogP contribution >= 0.6 is 0 Å². The molecule has 1 aromatic rings. The van der Waals surface area contributed by atoms with Crippen LogP contribution in [0.1, 0.15) is 6.42 Å². The number of rotatable bonds is 1. The van der Waals surface area contributed by atoms with Crippen molar-refractivity contribution >= 4 is 21.4 Å². The van der Waals surface area contributed by atoms with Gasteiger partial charge in [-0.15, -0.1) is 0 Å². The van der Waals surface area contributed by atoms with Gasteiger partial charge < -0.3 is 10.1 Å². The summed E-state index contributed by atoms with van der Waals surface area (Å²) in [6, 6.07) is 7.00. The average molecular weight is 253 g/mol. The molecule has 1 spiro atoms. The number of carbonyl (C=O) groups is 1. The number of nitrogens with one attached hydrogen (secondary N) is 1. The monoisotopic (exact) mass is 253 g/mol. The van der Waals surface area contributed by atoms with E-state index >= 15 is 0 Å².